The van der Waals surface area contributed by atoms with E-state index in [1.807, 2.05) is 6.07 Å². The molecule has 1 atom stereocenters. The Morgan fingerprint density at radius 3 is 2.62 bits per heavy atom. The lowest BCUT2D eigenvalue weighted by Crippen LogP contribution is -2.28. The van der Waals surface area contributed by atoms with Crippen molar-refractivity contribution in [2.75, 3.05) is 6.54 Å². The lowest BCUT2D eigenvalue weighted by molar-refractivity contribution is 0.572. The highest BCUT2D eigenvalue weighted by molar-refractivity contribution is 7.89. The fourth-order valence-corrected chi connectivity index (χ4v) is 2.59. The van der Waals surface area contributed by atoms with Crippen molar-refractivity contribution < 1.29 is 8.42 Å². The third-order valence-electron chi connectivity index (χ3n) is 2.18. The van der Waals surface area contributed by atoms with Gasteiger partial charge in [-0.2, -0.15) is 5.26 Å². The molecule has 0 spiro atoms. The summed E-state index contributed by atoms with van der Waals surface area (Å²) in [6, 6.07) is 8.73. The molecule has 1 N–H and O–H groups in total. The number of nitrogens with one attached hydrogen (secondary N) is 1. The summed E-state index contributed by atoms with van der Waals surface area (Å²) >= 11 is 0. The van der Waals surface area contributed by atoms with Gasteiger partial charge in [-0.05, 0) is 25.5 Å². The molecule has 0 saturated heterocycles. The summed E-state index contributed by atoms with van der Waals surface area (Å²) in [6.07, 6.45) is 0. The van der Waals surface area contributed by atoms with Crippen LogP contribution in [0.2, 0.25) is 0 Å². The van der Waals surface area contributed by atoms with Gasteiger partial charge in [-0.3, -0.25) is 0 Å². The molecule has 1 aromatic rings. The quantitative estimate of drug-likeness (QED) is 0.862. The van der Waals surface area contributed by atoms with Crippen molar-refractivity contribution in [3.8, 4) is 6.07 Å². The lowest BCUT2D eigenvalue weighted by atomic mass is 10.2. The van der Waals surface area contributed by atoms with Gasteiger partial charge in [-0.15, -0.1) is 0 Å². The van der Waals surface area contributed by atoms with Crippen molar-refractivity contribution in [1.82, 2.24) is 4.72 Å². The first-order chi connectivity index (χ1) is 7.47. The summed E-state index contributed by atoms with van der Waals surface area (Å²) < 4.78 is 26.1. The third kappa shape index (κ3) is 3.05. The molecular formula is C11H14N2O2S. The SMILES string of the molecule is Cc1ccccc1S(=O)(=O)NCC(C)C#N. The first kappa shape index (κ1) is 12.7. The Balaban J connectivity index is 2.88. The van der Waals surface area contributed by atoms with Gasteiger partial charge >= 0.3 is 0 Å². The molecule has 1 aromatic carbocycles. The molecule has 0 aliphatic rings. The average Bonchev–Trinajstić information content (AvgIpc) is 2.26. The summed E-state index contributed by atoms with van der Waals surface area (Å²) in [6.45, 7) is 3.54. The Labute approximate surface area is 96.0 Å². The molecule has 0 heterocycles. The fourth-order valence-electron chi connectivity index (χ4n) is 1.22. The van der Waals surface area contributed by atoms with Crippen LogP contribution >= 0.6 is 0 Å². The zero-order valence-electron chi connectivity index (χ0n) is 9.27. The summed E-state index contributed by atoms with van der Waals surface area (Å²) in [7, 11) is -3.50. The first-order valence-electron chi connectivity index (χ1n) is 4.92. The van der Waals surface area contributed by atoms with Gasteiger partial charge in [-0.1, -0.05) is 18.2 Å². The van der Waals surface area contributed by atoms with Gasteiger partial charge in [-0.25, -0.2) is 13.1 Å². The average molecular weight is 238 g/mol. The van der Waals surface area contributed by atoms with Crippen molar-refractivity contribution in [3.63, 3.8) is 0 Å². The van der Waals surface area contributed by atoms with E-state index in [1.165, 1.54) is 0 Å². The molecule has 5 heteroatoms. The van der Waals surface area contributed by atoms with Crippen LogP contribution in [0.1, 0.15) is 12.5 Å². The van der Waals surface area contributed by atoms with E-state index in [0.717, 1.165) is 0 Å². The molecular weight excluding hydrogens is 224 g/mol. The molecule has 0 bridgehead atoms. The minimum atomic E-state index is -3.50. The fraction of sp³-hybridized carbons (Fsp3) is 0.364. The molecule has 16 heavy (non-hydrogen) atoms. The van der Waals surface area contributed by atoms with Gasteiger partial charge in [0.2, 0.25) is 10.0 Å². The Hall–Kier alpha value is -1.38. The van der Waals surface area contributed by atoms with E-state index in [1.54, 1.807) is 38.1 Å². The van der Waals surface area contributed by atoms with E-state index in [4.69, 9.17) is 5.26 Å². The Morgan fingerprint density at radius 1 is 1.44 bits per heavy atom. The third-order valence-corrected chi connectivity index (χ3v) is 3.77. The maximum absolute atomic E-state index is 11.9. The first-order valence-corrected chi connectivity index (χ1v) is 6.40. The predicted molar refractivity (Wildman–Crippen MR) is 61.1 cm³/mol. The smallest absolute Gasteiger partial charge is 0.210 e. The minimum absolute atomic E-state index is 0.132. The molecule has 1 unspecified atom stereocenters. The van der Waals surface area contributed by atoms with Gasteiger partial charge in [0.1, 0.15) is 0 Å². The summed E-state index contributed by atoms with van der Waals surface area (Å²) in [5.74, 6) is -0.334. The standard InChI is InChI=1S/C11H14N2O2S/c1-9(7-12)8-13-16(14,15)11-6-4-3-5-10(11)2/h3-6,9,13H,8H2,1-2H3. The van der Waals surface area contributed by atoms with Crippen molar-refractivity contribution in [2.45, 2.75) is 18.7 Å². The number of sulfonamides is 1. The number of aryl methyl sites for hydroxylation is 1. The van der Waals surface area contributed by atoms with Crippen molar-refractivity contribution in [3.05, 3.63) is 29.8 Å². The maximum Gasteiger partial charge on any atom is 0.240 e. The van der Waals surface area contributed by atoms with Crippen molar-refractivity contribution in [1.29, 1.82) is 5.26 Å². The van der Waals surface area contributed by atoms with Crippen LogP contribution in [0, 0.1) is 24.2 Å². The Kier molecular flexibility index (Phi) is 4.05. The summed E-state index contributed by atoms with van der Waals surface area (Å²) in [4.78, 5) is 0.264. The predicted octanol–water partition coefficient (Wildman–Crippen LogP) is 1.43. The molecule has 0 aromatic heterocycles. The zero-order chi connectivity index (χ0) is 12.2. The molecule has 86 valence electrons. The molecule has 0 fully saturated rings. The molecule has 0 aliphatic heterocycles. The molecule has 0 amide bonds. The monoisotopic (exact) mass is 238 g/mol. The lowest BCUT2D eigenvalue weighted by Gasteiger charge is -2.09. The highest BCUT2D eigenvalue weighted by Crippen LogP contribution is 2.13. The number of hydrogen-bond acceptors (Lipinski definition) is 3. The second-order valence-corrected chi connectivity index (χ2v) is 5.38. The van der Waals surface area contributed by atoms with E-state index in [0.29, 0.717) is 5.56 Å². The number of nitrogens with zero attached hydrogens (tertiary/aromatic N) is 1. The van der Waals surface area contributed by atoms with Gasteiger partial charge < -0.3 is 0 Å². The highest BCUT2D eigenvalue weighted by atomic mass is 32.2. The summed E-state index contributed by atoms with van der Waals surface area (Å²) in [5.41, 5.74) is 0.694. The molecule has 1 rings (SSSR count). The van der Waals surface area contributed by atoms with Crippen LogP contribution in [-0.4, -0.2) is 15.0 Å². The summed E-state index contributed by atoms with van der Waals surface area (Å²) in [5, 5.41) is 8.57. The Bertz CT molecular complexity index is 503. The molecule has 0 saturated carbocycles. The molecule has 0 aliphatic carbocycles. The van der Waals surface area contributed by atoms with E-state index >= 15 is 0 Å². The van der Waals surface area contributed by atoms with Crippen LogP contribution in [0.25, 0.3) is 0 Å². The zero-order valence-corrected chi connectivity index (χ0v) is 10.1. The minimum Gasteiger partial charge on any atom is -0.210 e. The second kappa shape index (κ2) is 5.10. The van der Waals surface area contributed by atoms with E-state index in [9.17, 15) is 8.42 Å². The van der Waals surface area contributed by atoms with Crippen LogP contribution in [-0.2, 0) is 10.0 Å². The normalized spacial score (nSPS) is 13.1. The van der Waals surface area contributed by atoms with Gasteiger partial charge in [0.25, 0.3) is 0 Å². The topological polar surface area (TPSA) is 70.0 Å². The van der Waals surface area contributed by atoms with Crippen LogP contribution in [0.4, 0.5) is 0 Å². The molecule has 4 nitrogen and oxygen atoms in total. The maximum atomic E-state index is 11.9. The van der Waals surface area contributed by atoms with Crippen LogP contribution in [0.3, 0.4) is 0 Å². The number of benzene rings is 1. The van der Waals surface area contributed by atoms with E-state index in [2.05, 4.69) is 4.72 Å². The van der Waals surface area contributed by atoms with Gasteiger partial charge in [0.15, 0.2) is 0 Å². The van der Waals surface area contributed by atoms with Gasteiger partial charge in [0, 0.05) is 6.54 Å². The molecule has 0 radical (unpaired) electrons. The van der Waals surface area contributed by atoms with E-state index < -0.39 is 10.0 Å². The second-order valence-electron chi connectivity index (χ2n) is 3.65. The highest BCUT2D eigenvalue weighted by Gasteiger charge is 2.16. The largest absolute Gasteiger partial charge is 0.240 e. The number of nitriles is 1. The van der Waals surface area contributed by atoms with E-state index in [-0.39, 0.29) is 17.4 Å². The van der Waals surface area contributed by atoms with Crippen LogP contribution < -0.4 is 4.72 Å². The van der Waals surface area contributed by atoms with Crippen molar-refractivity contribution >= 4 is 10.0 Å². The van der Waals surface area contributed by atoms with Crippen molar-refractivity contribution in [2.24, 2.45) is 5.92 Å². The Morgan fingerprint density at radius 2 is 2.06 bits per heavy atom. The number of rotatable bonds is 4. The number of hydrogen-bond donors (Lipinski definition) is 1. The van der Waals surface area contributed by atoms with Gasteiger partial charge in [0.05, 0.1) is 16.9 Å². The van der Waals surface area contributed by atoms with Crippen LogP contribution in [0.15, 0.2) is 29.2 Å². The van der Waals surface area contributed by atoms with Crippen LogP contribution in [0.5, 0.6) is 0 Å².